The van der Waals surface area contributed by atoms with Crippen LogP contribution in [0.3, 0.4) is 0 Å². The Bertz CT molecular complexity index is 607. The van der Waals surface area contributed by atoms with Gasteiger partial charge in [-0.25, -0.2) is 4.98 Å². The Morgan fingerprint density at radius 2 is 2.26 bits per heavy atom. The number of carbonyl (C=O) groups excluding carboxylic acids is 1. The van der Waals surface area contributed by atoms with Gasteiger partial charge in [0.05, 0.1) is 21.8 Å². The first-order chi connectivity index (χ1) is 9.15. The Kier molecular flexibility index (Phi) is 3.27. The highest BCUT2D eigenvalue weighted by Gasteiger charge is 2.29. The van der Waals surface area contributed by atoms with Crippen LogP contribution in [0.1, 0.15) is 38.3 Å². The van der Waals surface area contributed by atoms with Crippen LogP contribution in [0.15, 0.2) is 23.7 Å². The summed E-state index contributed by atoms with van der Waals surface area (Å²) in [4.78, 5) is 18.2. The summed E-state index contributed by atoms with van der Waals surface area (Å²) in [7, 11) is 0. The molecule has 0 radical (unpaired) electrons. The van der Waals surface area contributed by atoms with Crippen LogP contribution in [-0.2, 0) is 4.79 Å². The van der Waals surface area contributed by atoms with Crippen LogP contribution < -0.4 is 0 Å². The van der Waals surface area contributed by atoms with Crippen molar-refractivity contribution in [2.45, 2.75) is 32.7 Å². The third-order valence-electron chi connectivity index (χ3n) is 3.96. The molecule has 2 aromatic rings. The Labute approximate surface area is 117 Å². The van der Waals surface area contributed by atoms with Crippen molar-refractivity contribution in [2.24, 2.45) is 5.92 Å². The molecule has 1 aromatic heterocycles. The molecule has 0 bridgehead atoms. The molecule has 19 heavy (non-hydrogen) atoms. The predicted octanol–water partition coefficient (Wildman–Crippen LogP) is 3.62. The Balaban J connectivity index is 1.96. The predicted molar refractivity (Wildman–Crippen MR) is 78.1 cm³/mol. The molecule has 2 atom stereocenters. The van der Waals surface area contributed by atoms with E-state index in [0.29, 0.717) is 5.92 Å². The molecule has 0 aliphatic carbocycles. The number of benzene rings is 1. The smallest absolute Gasteiger partial charge is 0.219 e. The number of likely N-dealkylation sites (tertiary alicyclic amines) is 1. The fraction of sp³-hybridized carbons (Fsp3) is 0.467. The van der Waals surface area contributed by atoms with Crippen molar-refractivity contribution in [3.8, 4) is 0 Å². The highest BCUT2D eigenvalue weighted by Crippen LogP contribution is 2.34. The van der Waals surface area contributed by atoms with Crippen LogP contribution in [0.25, 0.3) is 10.2 Å². The topological polar surface area (TPSA) is 33.2 Å². The number of thiazole rings is 1. The summed E-state index contributed by atoms with van der Waals surface area (Å²) < 4.78 is 1.21. The SMILES string of the molecule is CC(=O)N1CC(C)CCC1c1ccc2scnc2c1. The quantitative estimate of drug-likeness (QED) is 0.796. The maximum Gasteiger partial charge on any atom is 0.219 e. The standard InChI is InChI=1S/C15H18N2OS/c1-10-3-5-14(17(8-10)11(2)18)12-4-6-15-13(7-12)16-9-19-15/h4,6-7,9-10,14H,3,5,8H2,1-2H3. The molecule has 1 saturated heterocycles. The van der Waals surface area contributed by atoms with E-state index in [0.717, 1.165) is 18.5 Å². The molecule has 2 unspecified atom stereocenters. The van der Waals surface area contributed by atoms with Gasteiger partial charge in [0.1, 0.15) is 0 Å². The van der Waals surface area contributed by atoms with Crippen LogP contribution in [0.2, 0.25) is 0 Å². The van der Waals surface area contributed by atoms with Gasteiger partial charge in [0.2, 0.25) is 5.91 Å². The van der Waals surface area contributed by atoms with E-state index in [1.54, 1.807) is 18.3 Å². The van der Waals surface area contributed by atoms with Gasteiger partial charge < -0.3 is 4.90 Å². The van der Waals surface area contributed by atoms with Crippen LogP contribution in [-0.4, -0.2) is 22.3 Å². The minimum absolute atomic E-state index is 0.176. The minimum Gasteiger partial charge on any atom is -0.336 e. The van der Waals surface area contributed by atoms with E-state index in [-0.39, 0.29) is 11.9 Å². The molecule has 0 saturated carbocycles. The summed E-state index contributed by atoms with van der Waals surface area (Å²) >= 11 is 1.66. The summed E-state index contributed by atoms with van der Waals surface area (Å²) in [5.74, 6) is 0.776. The lowest BCUT2D eigenvalue weighted by Crippen LogP contribution is -2.40. The number of fused-ring (bicyclic) bond motifs is 1. The molecule has 3 nitrogen and oxygen atoms in total. The molecular weight excluding hydrogens is 256 g/mol. The van der Waals surface area contributed by atoms with Crippen molar-refractivity contribution in [3.63, 3.8) is 0 Å². The molecule has 0 spiro atoms. The molecule has 3 rings (SSSR count). The number of hydrogen-bond acceptors (Lipinski definition) is 3. The van der Waals surface area contributed by atoms with E-state index < -0.39 is 0 Å². The molecule has 1 fully saturated rings. The molecule has 1 amide bonds. The van der Waals surface area contributed by atoms with E-state index in [4.69, 9.17) is 0 Å². The van der Waals surface area contributed by atoms with Crippen molar-refractivity contribution in [1.29, 1.82) is 0 Å². The highest BCUT2D eigenvalue weighted by atomic mass is 32.1. The van der Waals surface area contributed by atoms with E-state index in [1.165, 1.54) is 16.7 Å². The molecule has 0 N–H and O–H groups in total. The summed E-state index contributed by atoms with van der Waals surface area (Å²) in [5, 5.41) is 0. The van der Waals surface area contributed by atoms with E-state index in [1.807, 2.05) is 10.4 Å². The van der Waals surface area contributed by atoms with Gasteiger partial charge in [-0.15, -0.1) is 11.3 Å². The monoisotopic (exact) mass is 274 g/mol. The van der Waals surface area contributed by atoms with Crippen LogP contribution in [0, 0.1) is 5.92 Å². The zero-order valence-corrected chi connectivity index (χ0v) is 12.1. The summed E-state index contributed by atoms with van der Waals surface area (Å²) in [6, 6.07) is 6.64. The number of amides is 1. The first kappa shape index (κ1) is 12.6. The van der Waals surface area contributed by atoms with Crippen LogP contribution >= 0.6 is 11.3 Å². The zero-order valence-electron chi connectivity index (χ0n) is 11.3. The van der Waals surface area contributed by atoms with Gasteiger partial charge in [-0.3, -0.25) is 4.79 Å². The van der Waals surface area contributed by atoms with E-state index >= 15 is 0 Å². The van der Waals surface area contributed by atoms with Gasteiger partial charge in [0.15, 0.2) is 0 Å². The number of nitrogens with zero attached hydrogens (tertiary/aromatic N) is 2. The summed E-state index contributed by atoms with van der Waals surface area (Å²) in [6.45, 7) is 4.76. The molecule has 1 aromatic carbocycles. The Morgan fingerprint density at radius 3 is 3.05 bits per heavy atom. The molecule has 100 valence electrons. The number of carbonyl (C=O) groups is 1. The van der Waals surface area contributed by atoms with Gasteiger partial charge in [-0.2, -0.15) is 0 Å². The van der Waals surface area contributed by atoms with Gasteiger partial charge in [-0.05, 0) is 36.5 Å². The van der Waals surface area contributed by atoms with Gasteiger partial charge in [0.25, 0.3) is 0 Å². The number of aromatic nitrogens is 1. The van der Waals surface area contributed by atoms with Crippen molar-refractivity contribution in [3.05, 3.63) is 29.3 Å². The third-order valence-corrected chi connectivity index (χ3v) is 4.77. The van der Waals surface area contributed by atoms with Gasteiger partial charge >= 0.3 is 0 Å². The first-order valence-corrected chi connectivity index (χ1v) is 7.63. The fourth-order valence-corrected chi connectivity index (χ4v) is 3.59. The maximum atomic E-state index is 11.9. The van der Waals surface area contributed by atoms with Crippen LogP contribution in [0.5, 0.6) is 0 Å². The Morgan fingerprint density at radius 1 is 1.42 bits per heavy atom. The fourth-order valence-electron chi connectivity index (χ4n) is 2.93. The number of hydrogen-bond donors (Lipinski definition) is 0. The second-order valence-corrected chi connectivity index (χ2v) is 6.34. The van der Waals surface area contributed by atoms with E-state index in [9.17, 15) is 4.79 Å². The van der Waals surface area contributed by atoms with Crippen LogP contribution in [0.4, 0.5) is 0 Å². The van der Waals surface area contributed by atoms with Crippen molar-refractivity contribution in [2.75, 3.05) is 6.54 Å². The molecule has 1 aliphatic rings. The normalized spacial score (nSPS) is 23.8. The van der Waals surface area contributed by atoms with Crippen molar-refractivity contribution >= 4 is 27.5 Å². The third kappa shape index (κ3) is 2.37. The minimum atomic E-state index is 0.176. The molecule has 4 heteroatoms. The van der Waals surface area contributed by atoms with Crippen molar-refractivity contribution in [1.82, 2.24) is 9.88 Å². The number of piperidine rings is 1. The second kappa shape index (κ2) is 4.93. The molecule has 2 heterocycles. The largest absolute Gasteiger partial charge is 0.336 e. The lowest BCUT2D eigenvalue weighted by atomic mass is 9.90. The first-order valence-electron chi connectivity index (χ1n) is 6.75. The average Bonchev–Trinajstić information content (AvgIpc) is 2.85. The number of rotatable bonds is 1. The Hall–Kier alpha value is -1.42. The molecule has 1 aliphatic heterocycles. The highest BCUT2D eigenvalue weighted by molar-refractivity contribution is 7.16. The maximum absolute atomic E-state index is 11.9. The lowest BCUT2D eigenvalue weighted by molar-refractivity contribution is -0.133. The van der Waals surface area contributed by atoms with Gasteiger partial charge in [0, 0.05) is 13.5 Å². The summed E-state index contributed by atoms with van der Waals surface area (Å²) in [6.07, 6.45) is 2.24. The average molecular weight is 274 g/mol. The van der Waals surface area contributed by atoms with Gasteiger partial charge in [-0.1, -0.05) is 13.0 Å². The second-order valence-electron chi connectivity index (χ2n) is 5.45. The summed E-state index contributed by atoms with van der Waals surface area (Å²) in [5.41, 5.74) is 4.14. The van der Waals surface area contributed by atoms with E-state index in [2.05, 4.69) is 30.1 Å². The zero-order chi connectivity index (χ0) is 13.4. The molecular formula is C15H18N2OS. The lowest BCUT2D eigenvalue weighted by Gasteiger charge is -2.38. The van der Waals surface area contributed by atoms with Crippen molar-refractivity contribution < 1.29 is 4.79 Å².